The second-order valence-electron chi connectivity index (χ2n) is 8.00. The Balaban J connectivity index is 1.46. The van der Waals surface area contributed by atoms with Crippen LogP contribution in [0.4, 0.5) is 5.69 Å². The van der Waals surface area contributed by atoms with Gasteiger partial charge in [0.15, 0.2) is 5.17 Å². The molecule has 6 heteroatoms. The molecule has 170 valence electrons. The van der Waals surface area contributed by atoms with Crippen LogP contribution in [0.3, 0.4) is 0 Å². The lowest BCUT2D eigenvalue weighted by Crippen LogP contribution is -2.19. The van der Waals surface area contributed by atoms with Crippen LogP contribution in [-0.4, -0.2) is 22.2 Å². The summed E-state index contributed by atoms with van der Waals surface area (Å²) in [5.41, 5.74) is 5.35. The smallest absolute Gasteiger partial charge is 0.264 e. The third-order valence-corrected chi connectivity index (χ3v) is 6.68. The lowest BCUT2D eigenvalue weighted by molar-refractivity contribution is -0.115. The number of amidine groups is 1. The number of carbonyl (C=O) groups is 1. The molecule has 1 fully saturated rings. The number of para-hydroxylation sites is 1. The molecule has 0 radical (unpaired) electrons. The zero-order valence-corrected chi connectivity index (χ0v) is 19.9. The molecule has 0 bridgehead atoms. The summed E-state index contributed by atoms with van der Waals surface area (Å²) in [7, 11) is 0. The van der Waals surface area contributed by atoms with Crippen molar-refractivity contribution in [2.75, 3.05) is 6.61 Å². The molecule has 0 atom stereocenters. The van der Waals surface area contributed by atoms with E-state index in [9.17, 15) is 4.79 Å². The summed E-state index contributed by atoms with van der Waals surface area (Å²) >= 11 is 1.36. The number of fused-ring (bicyclic) bond motifs is 1. The molecular weight excluding hydrogens is 442 g/mol. The number of nitrogens with one attached hydrogen (secondary N) is 1. The van der Waals surface area contributed by atoms with E-state index in [4.69, 9.17) is 4.74 Å². The standard InChI is InChI=1S/C28H25N3O2S/c1-3-33-22-15-13-21(14-16-22)29-28-30-27(32)26(34-28)17-24-19(2)31(18-20-9-5-4-6-10-20)25-12-8-7-11-23(24)25/h4-17H,3,18H2,1-2H3,(H,29,30,32)/b26-17+. The molecule has 1 aliphatic rings. The minimum absolute atomic E-state index is 0.131. The fourth-order valence-corrected chi connectivity index (χ4v) is 4.95. The van der Waals surface area contributed by atoms with Crippen molar-refractivity contribution >= 4 is 45.5 Å². The number of aliphatic imine (C=N–C) groups is 1. The Bertz CT molecular complexity index is 1400. The lowest BCUT2D eigenvalue weighted by atomic mass is 10.1. The Morgan fingerprint density at radius 1 is 1.00 bits per heavy atom. The lowest BCUT2D eigenvalue weighted by Gasteiger charge is -2.08. The topological polar surface area (TPSA) is 55.6 Å². The first-order valence-electron chi connectivity index (χ1n) is 11.3. The zero-order valence-electron chi connectivity index (χ0n) is 19.1. The van der Waals surface area contributed by atoms with Crippen molar-refractivity contribution in [3.63, 3.8) is 0 Å². The number of benzene rings is 3. The highest BCUT2D eigenvalue weighted by molar-refractivity contribution is 8.18. The first-order valence-corrected chi connectivity index (χ1v) is 12.1. The average molecular weight is 468 g/mol. The summed E-state index contributed by atoms with van der Waals surface area (Å²) in [5, 5.41) is 4.60. The van der Waals surface area contributed by atoms with E-state index in [1.165, 1.54) is 17.3 Å². The highest BCUT2D eigenvalue weighted by atomic mass is 32.2. The van der Waals surface area contributed by atoms with E-state index in [1.807, 2.05) is 49.4 Å². The number of carbonyl (C=O) groups excluding carboxylic acids is 1. The maximum atomic E-state index is 12.8. The maximum absolute atomic E-state index is 12.8. The van der Waals surface area contributed by atoms with Crippen LogP contribution >= 0.6 is 11.8 Å². The number of hydrogen-bond acceptors (Lipinski definition) is 4. The number of amides is 1. The Kier molecular flexibility index (Phi) is 6.23. The molecule has 4 aromatic rings. The van der Waals surface area contributed by atoms with E-state index >= 15 is 0 Å². The van der Waals surface area contributed by atoms with E-state index in [-0.39, 0.29) is 5.91 Å². The van der Waals surface area contributed by atoms with Crippen LogP contribution in [0.2, 0.25) is 0 Å². The quantitative estimate of drug-likeness (QED) is 0.339. The van der Waals surface area contributed by atoms with Gasteiger partial charge < -0.3 is 14.6 Å². The molecule has 1 aliphatic heterocycles. The average Bonchev–Trinajstić information content (AvgIpc) is 3.33. The van der Waals surface area contributed by atoms with Gasteiger partial charge in [0.25, 0.3) is 5.91 Å². The molecule has 1 N–H and O–H groups in total. The number of rotatable bonds is 6. The van der Waals surface area contributed by atoms with Crippen molar-refractivity contribution in [2.45, 2.75) is 20.4 Å². The Morgan fingerprint density at radius 2 is 1.74 bits per heavy atom. The molecule has 1 amide bonds. The molecule has 5 nitrogen and oxygen atoms in total. The molecule has 3 aromatic carbocycles. The highest BCUT2D eigenvalue weighted by Gasteiger charge is 2.25. The molecule has 5 rings (SSSR count). The van der Waals surface area contributed by atoms with Gasteiger partial charge in [-0.2, -0.15) is 0 Å². The van der Waals surface area contributed by atoms with Gasteiger partial charge in [-0.1, -0.05) is 48.5 Å². The molecule has 2 heterocycles. The van der Waals surface area contributed by atoms with Crippen LogP contribution in [-0.2, 0) is 11.3 Å². The van der Waals surface area contributed by atoms with Crippen LogP contribution in [0.25, 0.3) is 17.0 Å². The fourth-order valence-electron chi connectivity index (χ4n) is 4.12. The van der Waals surface area contributed by atoms with Gasteiger partial charge in [0.2, 0.25) is 0 Å². The second-order valence-corrected chi connectivity index (χ2v) is 9.03. The van der Waals surface area contributed by atoms with Gasteiger partial charge in [0.1, 0.15) is 5.75 Å². The summed E-state index contributed by atoms with van der Waals surface area (Å²) in [6.45, 7) is 5.46. The first-order chi connectivity index (χ1) is 16.6. The van der Waals surface area contributed by atoms with Crippen molar-refractivity contribution in [1.29, 1.82) is 0 Å². The molecule has 0 saturated carbocycles. The van der Waals surface area contributed by atoms with E-state index < -0.39 is 0 Å². The maximum Gasteiger partial charge on any atom is 0.264 e. The number of ether oxygens (including phenoxy) is 1. The summed E-state index contributed by atoms with van der Waals surface area (Å²) in [5.74, 6) is 0.673. The number of nitrogens with zero attached hydrogens (tertiary/aromatic N) is 2. The summed E-state index contributed by atoms with van der Waals surface area (Å²) in [4.78, 5) is 18.0. The number of aromatic nitrogens is 1. The van der Waals surface area contributed by atoms with Crippen LogP contribution in [0.1, 0.15) is 23.7 Å². The van der Waals surface area contributed by atoms with E-state index in [2.05, 4.69) is 64.3 Å². The SMILES string of the molecule is CCOc1ccc(N=C2NC(=O)/C(=C\c3c(C)n(Cc4ccccc4)c4ccccc34)S2)cc1. The molecular formula is C28H25N3O2S. The third-order valence-electron chi connectivity index (χ3n) is 5.77. The molecule has 0 spiro atoms. The zero-order chi connectivity index (χ0) is 23.5. The molecule has 0 aliphatic carbocycles. The summed E-state index contributed by atoms with van der Waals surface area (Å²) in [6.07, 6.45) is 1.99. The number of hydrogen-bond donors (Lipinski definition) is 1. The first kappa shape index (κ1) is 22.0. The van der Waals surface area contributed by atoms with Gasteiger partial charge in [-0.25, -0.2) is 4.99 Å². The minimum atomic E-state index is -0.131. The molecule has 1 aromatic heterocycles. The van der Waals surface area contributed by atoms with Crippen LogP contribution in [0.5, 0.6) is 5.75 Å². The predicted octanol–water partition coefficient (Wildman–Crippen LogP) is 6.29. The minimum Gasteiger partial charge on any atom is -0.494 e. The fraction of sp³-hybridized carbons (Fsp3) is 0.143. The number of thioether (sulfide) groups is 1. The Labute approximate surface area is 203 Å². The van der Waals surface area contributed by atoms with E-state index in [0.29, 0.717) is 16.7 Å². The largest absolute Gasteiger partial charge is 0.494 e. The van der Waals surface area contributed by atoms with Gasteiger partial charge in [-0.3, -0.25) is 4.79 Å². The molecule has 1 saturated heterocycles. The molecule has 34 heavy (non-hydrogen) atoms. The monoisotopic (exact) mass is 467 g/mol. The van der Waals surface area contributed by atoms with Gasteiger partial charge in [-0.15, -0.1) is 0 Å². The van der Waals surface area contributed by atoms with Gasteiger partial charge >= 0.3 is 0 Å². The normalized spacial score (nSPS) is 15.9. The van der Waals surface area contributed by atoms with Crippen molar-refractivity contribution in [2.24, 2.45) is 4.99 Å². The summed E-state index contributed by atoms with van der Waals surface area (Å²) < 4.78 is 7.79. The van der Waals surface area contributed by atoms with Gasteiger partial charge in [0.05, 0.1) is 17.2 Å². The van der Waals surface area contributed by atoms with Gasteiger partial charge in [0, 0.05) is 28.7 Å². The van der Waals surface area contributed by atoms with Gasteiger partial charge in [-0.05, 0) is 67.6 Å². The van der Waals surface area contributed by atoms with Crippen molar-refractivity contribution in [3.05, 3.63) is 101 Å². The van der Waals surface area contributed by atoms with Crippen molar-refractivity contribution < 1.29 is 9.53 Å². The Morgan fingerprint density at radius 3 is 2.50 bits per heavy atom. The van der Waals surface area contributed by atoms with Crippen LogP contribution < -0.4 is 10.1 Å². The predicted molar refractivity (Wildman–Crippen MR) is 141 cm³/mol. The van der Waals surface area contributed by atoms with E-state index in [0.717, 1.165) is 40.1 Å². The molecule has 0 unspecified atom stereocenters. The Hall–Kier alpha value is -3.77. The van der Waals surface area contributed by atoms with Crippen LogP contribution in [0, 0.1) is 6.92 Å². The highest BCUT2D eigenvalue weighted by Crippen LogP contribution is 2.33. The van der Waals surface area contributed by atoms with Crippen molar-refractivity contribution in [3.8, 4) is 5.75 Å². The van der Waals surface area contributed by atoms with E-state index in [1.54, 1.807) is 0 Å². The van der Waals surface area contributed by atoms with Crippen LogP contribution in [0.15, 0.2) is 88.8 Å². The van der Waals surface area contributed by atoms with Crippen molar-refractivity contribution in [1.82, 2.24) is 9.88 Å². The summed E-state index contributed by atoms with van der Waals surface area (Å²) in [6, 6.07) is 26.3. The second kappa shape index (κ2) is 9.61. The third kappa shape index (κ3) is 4.50.